The highest BCUT2D eigenvalue weighted by Crippen LogP contribution is 2.17. The summed E-state index contributed by atoms with van der Waals surface area (Å²) in [5, 5.41) is 2.87. The van der Waals surface area contributed by atoms with Crippen molar-refractivity contribution in [2.45, 2.75) is 11.4 Å². The molecule has 0 aliphatic carbocycles. The predicted molar refractivity (Wildman–Crippen MR) is 94.4 cm³/mol. The molecule has 25 heavy (non-hydrogen) atoms. The van der Waals surface area contributed by atoms with Crippen molar-refractivity contribution in [3.63, 3.8) is 0 Å². The molecule has 134 valence electrons. The van der Waals surface area contributed by atoms with Gasteiger partial charge in [-0.1, -0.05) is 18.2 Å². The van der Waals surface area contributed by atoms with Gasteiger partial charge >= 0.3 is 6.03 Å². The number of urea groups is 1. The monoisotopic (exact) mass is 362 g/mol. The summed E-state index contributed by atoms with van der Waals surface area (Å²) in [6.07, 6.45) is 3.87. The first-order chi connectivity index (χ1) is 12.0. The van der Waals surface area contributed by atoms with Gasteiger partial charge in [0.25, 0.3) is 0 Å². The van der Waals surface area contributed by atoms with Crippen molar-refractivity contribution in [2.75, 3.05) is 26.2 Å². The molecule has 8 heteroatoms. The molecule has 1 aromatic heterocycles. The van der Waals surface area contributed by atoms with Crippen LogP contribution in [0.1, 0.15) is 5.56 Å². The number of piperazine rings is 1. The van der Waals surface area contributed by atoms with Crippen molar-refractivity contribution in [3.8, 4) is 0 Å². The zero-order valence-electron chi connectivity index (χ0n) is 14.1. The highest BCUT2D eigenvalue weighted by molar-refractivity contribution is 7.89. The van der Waals surface area contributed by atoms with E-state index in [1.807, 2.05) is 30.1 Å². The molecule has 1 aliphatic rings. The van der Waals surface area contributed by atoms with E-state index in [9.17, 15) is 13.2 Å². The number of aryl methyl sites for hydroxylation is 1. The fourth-order valence-corrected chi connectivity index (χ4v) is 4.27. The Morgan fingerprint density at radius 1 is 1.08 bits per heavy atom. The maximum absolute atomic E-state index is 12.6. The maximum Gasteiger partial charge on any atom is 0.317 e. The number of carbonyl (C=O) groups excluding carboxylic acids is 1. The van der Waals surface area contributed by atoms with E-state index in [0.29, 0.717) is 32.7 Å². The average molecular weight is 362 g/mol. The largest absolute Gasteiger partial charge is 0.357 e. The van der Waals surface area contributed by atoms with Crippen LogP contribution in [0.3, 0.4) is 0 Å². The first-order valence-corrected chi connectivity index (χ1v) is 9.59. The molecule has 1 fully saturated rings. The number of nitrogens with zero attached hydrogens (tertiary/aromatic N) is 3. The number of amides is 2. The smallest absolute Gasteiger partial charge is 0.317 e. The number of benzene rings is 1. The average Bonchev–Trinajstić information content (AvgIpc) is 3.06. The van der Waals surface area contributed by atoms with Crippen LogP contribution < -0.4 is 5.32 Å². The summed E-state index contributed by atoms with van der Waals surface area (Å²) >= 11 is 0. The van der Waals surface area contributed by atoms with Gasteiger partial charge in [0.05, 0.1) is 4.90 Å². The Kier molecular flexibility index (Phi) is 5.10. The third-order valence-electron chi connectivity index (χ3n) is 4.24. The molecule has 1 saturated heterocycles. The first-order valence-electron chi connectivity index (χ1n) is 8.15. The Bertz CT molecular complexity index is 825. The van der Waals surface area contributed by atoms with E-state index in [1.165, 1.54) is 4.31 Å². The molecular formula is C17H22N4O3S. The van der Waals surface area contributed by atoms with E-state index in [0.717, 1.165) is 5.56 Å². The predicted octanol–water partition coefficient (Wildman–Crippen LogP) is 1.24. The lowest BCUT2D eigenvalue weighted by atomic mass is 10.3. The minimum absolute atomic E-state index is 0.166. The number of rotatable bonds is 4. The number of hydrogen-bond acceptors (Lipinski definition) is 3. The molecule has 7 nitrogen and oxygen atoms in total. The van der Waals surface area contributed by atoms with Gasteiger partial charge in [-0.15, -0.1) is 0 Å². The second kappa shape index (κ2) is 7.28. The van der Waals surface area contributed by atoms with E-state index in [-0.39, 0.29) is 10.9 Å². The molecule has 3 rings (SSSR count). The highest BCUT2D eigenvalue weighted by Gasteiger charge is 2.29. The fourth-order valence-electron chi connectivity index (χ4n) is 2.83. The van der Waals surface area contributed by atoms with Crippen LogP contribution >= 0.6 is 0 Å². The quantitative estimate of drug-likeness (QED) is 0.889. The van der Waals surface area contributed by atoms with Crippen LogP contribution in [0.4, 0.5) is 4.79 Å². The molecule has 0 atom stereocenters. The Labute approximate surface area is 147 Å². The molecule has 0 unspecified atom stereocenters. The SMILES string of the molecule is Cn1ccc(CNC(=O)N2CCN(S(=O)(=O)c3ccccc3)CC2)c1. The van der Waals surface area contributed by atoms with Gasteiger partial charge in [-0.05, 0) is 23.8 Å². The summed E-state index contributed by atoms with van der Waals surface area (Å²) < 4.78 is 28.5. The van der Waals surface area contributed by atoms with Crippen molar-refractivity contribution in [3.05, 3.63) is 54.4 Å². The van der Waals surface area contributed by atoms with Crippen molar-refractivity contribution >= 4 is 16.1 Å². The maximum atomic E-state index is 12.6. The molecule has 2 amide bonds. The molecular weight excluding hydrogens is 340 g/mol. The molecule has 0 saturated carbocycles. The van der Waals surface area contributed by atoms with Crippen molar-refractivity contribution < 1.29 is 13.2 Å². The summed E-state index contributed by atoms with van der Waals surface area (Å²) in [6.45, 7) is 1.83. The minimum atomic E-state index is -3.49. The number of sulfonamides is 1. The van der Waals surface area contributed by atoms with Crippen LogP contribution in [-0.4, -0.2) is 54.4 Å². The van der Waals surface area contributed by atoms with E-state index >= 15 is 0 Å². The van der Waals surface area contributed by atoms with E-state index < -0.39 is 10.0 Å². The van der Waals surface area contributed by atoms with Gasteiger partial charge in [0.2, 0.25) is 10.0 Å². The third-order valence-corrected chi connectivity index (χ3v) is 6.16. The van der Waals surface area contributed by atoms with Gasteiger partial charge in [-0.25, -0.2) is 13.2 Å². The van der Waals surface area contributed by atoms with Crippen LogP contribution in [0.2, 0.25) is 0 Å². The first kappa shape index (κ1) is 17.5. The van der Waals surface area contributed by atoms with Crippen molar-refractivity contribution in [1.82, 2.24) is 19.1 Å². The van der Waals surface area contributed by atoms with Crippen LogP contribution in [-0.2, 0) is 23.6 Å². The van der Waals surface area contributed by atoms with Crippen LogP contribution in [0, 0.1) is 0 Å². The molecule has 0 bridgehead atoms. The lowest BCUT2D eigenvalue weighted by molar-refractivity contribution is 0.172. The van der Waals surface area contributed by atoms with Gasteiger partial charge in [0.1, 0.15) is 0 Å². The summed E-state index contributed by atoms with van der Waals surface area (Å²) in [5.41, 5.74) is 1.03. The van der Waals surface area contributed by atoms with E-state index in [2.05, 4.69) is 5.32 Å². The second-order valence-electron chi connectivity index (χ2n) is 6.05. The molecule has 2 aromatic rings. The normalized spacial score (nSPS) is 16.0. The Hall–Kier alpha value is -2.32. The molecule has 0 radical (unpaired) electrons. The highest BCUT2D eigenvalue weighted by atomic mass is 32.2. The number of nitrogens with one attached hydrogen (secondary N) is 1. The van der Waals surface area contributed by atoms with Crippen LogP contribution in [0.15, 0.2) is 53.7 Å². The van der Waals surface area contributed by atoms with Crippen molar-refractivity contribution in [1.29, 1.82) is 0 Å². The van der Waals surface area contributed by atoms with Gasteiger partial charge < -0.3 is 14.8 Å². The Morgan fingerprint density at radius 2 is 1.76 bits per heavy atom. The fraction of sp³-hybridized carbons (Fsp3) is 0.353. The standard InChI is InChI=1S/C17H22N4O3S/c1-19-8-7-15(14-19)13-18-17(22)20-9-11-21(12-10-20)25(23,24)16-5-3-2-4-6-16/h2-8,14H,9-13H2,1H3,(H,18,22). The Morgan fingerprint density at radius 3 is 2.36 bits per heavy atom. The number of aromatic nitrogens is 1. The van der Waals surface area contributed by atoms with Gasteiger partial charge in [-0.2, -0.15) is 4.31 Å². The number of hydrogen-bond donors (Lipinski definition) is 1. The zero-order chi connectivity index (χ0) is 17.9. The summed E-state index contributed by atoms with van der Waals surface area (Å²) in [6, 6.07) is 10.2. The molecule has 1 N–H and O–H groups in total. The number of carbonyl (C=O) groups is 1. The second-order valence-corrected chi connectivity index (χ2v) is 7.99. The van der Waals surface area contributed by atoms with Gasteiger partial charge in [-0.3, -0.25) is 0 Å². The lowest BCUT2D eigenvalue weighted by Crippen LogP contribution is -2.52. The summed E-state index contributed by atoms with van der Waals surface area (Å²) in [7, 11) is -1.56. The van der Waals surface area contributed by atoms with E-state index in [1.54, 1.807) is 35.2 Å². The molecule has 2 heterocycles. The van der Waals surface area contributed by atoms with Crippen molar-refractivity contribution in [2.24, 2.45) is 7.05 Å². The Balaban J connectivity index is 1.54. The van der Waals surface area contributed by atoms with Crippen LogP contribution in [0.25, 0.3) is 0 Å². The lowest BCUT2D eigenvalue weighted by Gasteiger charge is -2.34. The minimum Gasteiger partial charge on any atom is -0.357 e. The molecule has 1 aromatic carbocycles. The molecule has 1 aliphatic heterocycles. The summed E-state index contributed by atoms with van der Waals surface area (Å²) in [5.74, 6) is 0. The molecule has 0 spiro atoms. The topological polar surface area (TPSA) is 74.7 Å². The van der Waals surface area contributed by atoms with Crippen LogP contribution in [0.5, 0.6) is 0 Å². The zero-order valence-corrected chi connectivity index (χ0v) is 14.9. The third kappa shape index (κ3) is 4.02. The van der Waals surface area contributed by atoms with Gasteiger partial charge in [0.15, 0.2) is 0 Å². The van der Waals surface area contributed by atoms with Gasteiger partial charge in [0, 0.05) is 52.2 Å². The van der Waals surface area contributed by atoms with E-state index in [4.69, 9.17) is 0 Å². The summed E-state index contributed by atoms with van der Waals surface area (Å²) in [4.78, 5) is 14.2.